The Hall–Kier alpha value is -1.02. The van der Waals surface area contributed by atoms with Crippen LogP contribution in [0.2, 0.25) is 0 Å². The van der Waals surface area contributed by atoms with Gasteiger partial charge in [-0.3, -0.25) is 0 Å². The number of anilines is 1. The highest BCUT2D eigenvalue weighted by molar-refractivity contribution is 5.57. The topological polar surface area (TPSA) is 15.3 Å². The molecule has 112 valence electrons. The Morgan fingerprint density at radius 3 is 2.40 bits per heavy atom. The van der Waals surface area contributed by atoms with Gasteiger partial charge in [0.2, 0.25) is 0 Å². The van der Waals surface area contributed by atoms with Crippen LogP contribution in [0.25, 0.3) is 0 Å². The number of piperidine rings is 1. The molecule has 0 saturated carbocycles. The first-order valence-electron chi connectivity index (χ1n) is 7.89. The highest BCUT2D eigenvalue weighted by atomic mass is 15.2. The zero-order valence-corrected chi connectivity index (χ0v) is 13.9. The normalized spacial score (nSPS) is 27.7. The van der Waals surface area contributed by atoms with Gasteiger partial charge in [-0.1, -0.05) is 45.9 Å². The van der Waals surface area contributed by atoms with Crippen LogP contribution >= 0.6 is 0 Å². The molecule has 1 fully saturated rings. The predicted molar refractivity (Wildman–Crippen MR) is 88.6 cm³/mol. The minimum Gasteiger partial charge on any atom is -0.368 e. The standard InChI is InChI=1S/C18H30N2/c1-13-14(2)20(12-11-16(13)19-6)17-10-8-7-9-15(17)18(3,4)5/h7-10,13-14,16,19H,11-12H2,1-6H3. The lowest BCUT2D eigenvalue weighted by Crippen LogP contribution is -2.53. The Balaban J connectivity index is 2.33. The van der Waals surface area contributed by atoms with E-state index in [9.17, 15) is 0 Å². The maximum Gasteiger partial charge on any atom is 0.0406 e. The molecule has 1 N–H and O–H groups in total. The molecule has 0 radical (unpaired) electrons. The molecule has 0 spiro atoms. The average molecular weight is 274 g/mol. The van der Waals surface area contributed by atoms with Gasteiger partial charge in [0.15, 0.2) is 0 Å². The summed E-state index contributed by atoms with van der Waals surface area (Å²) in [6, 6.07) is 10.1. The monoisotopic (exact) mass is 274 g/mol. The van der Waals surface area contributed by atoms with Crippen molar-refractivity contribution in [1.29, 1.82) is 0 Å². The molecule has 0 bridgehead atoms. The molecule has 20 heavy (non-hydrogen) atoms. The summed E-state index contributed by atoms with van der Waals surface area (Å²) in [5, 5.41) is 3.47. The highest BCUT2D eigenvalue weighted by Gasteiger charge is 2.33. The number of nitrogens with one attached hydrogen (secondary N) is 1. The number of hydrogen-bond donors (Lipinski definition) is 1. The number of benzene rings is 1. The lowest BCUT2D eigenvalue weighted by molar-refractivity contribution is 0.282. The number of rotatable bonds is 2. The molecular formula is C18H30N2. The summed E-state index contributed by atoms with van der Waals surface area (Å²) in [6.07, 6.45) is 1.22. The summed E-state index contributed by atoms with van der Waals surface area (Å²) in [5.41, 5.74) is 3.08. The van der Waals surface area contributed by atoms with Gasteiger partial charge >= 0.3 is 0 Å². The molecule has 2 heteroatoms. The smallest absolute Gasteiger partial charge is 0.0406 e. The molecule has 1 saturated heterocycles. The van der Waals surface area contributed by atoms with Crippen LogP contribution in [-0.2, 0) is 5.41 Å². The van der Waals surface area contributed by atoms with E-state index in [1.807, 2.05) is 0 Å². The van der Waals surface area contributed by atoms with Gasteiger partial charge in [-0.25, -0.2) is 0 Å². The van der Waals surface area contributed by atoms with Gasteiger partial charge in [0, 0.05) is 24.3 Å². The van der Waals surface area contributed by atoms with Crippen LogP contribution in [0.4, 0.5) is 5.69 Å². The third kappa shape index (κ3) is 2.85. The Labute approximate surface area is 124 Å². The second-order valence-corrected chi connectivity index (χ2v) is 7.24. The van der Waals surface area contributed by atoms with E-state index in [1.165, 1.54) is 17.7 Å². The molecule has 1 aromatic carbocycles. The first-order valence-corrected chi connectivity index (χ1v) is 7.89. The van der Waals surface area contributed by atoms with E-state index in [0.717, 1.165) is 6.54 Å². The molecular weight excluding hydrogens is 244 g/mol. The van der Waals surface area contributed by atoms with Crippen molar-refractivity contribution in [2.24, 2.45) is 5.92 Å². The first-order chi connectivity index (χ1) is 9.36. The van der Waals surface area contributed by atoms with Gasteiger partial charge in [0.1, 0.15) is 0 Å². The molecule has 0 aliphatic carbocycles. The number of para-hydroxylation sites is 1. The fraction of sp³-hybridized carbons (Fsp3) is 0.667. The Kier molecular flexibility index (Phi) is 4.43. The van der Waals surface area contributed by atoms with Gasteiger partial charge in [-0.15, -0.1) is 0 Å². The Morgan fingerprint density at radius 1 is 1.15 bits per heavy atom. The van der Waals surface area contributed by atoms with E-state index in [0.29, 0.717) is 18.0 Å². The Bertz CT molecular complexity index is 447. The summed E-state index contributed by atoms with van der Waals surface area (Å²) >= 11 is 0. The van der Waals surface area contributed by atoms with E-state index in [4.69, 9.17) is 0 Å². The Morgan fingerprint density at radius 2 is 1.80 bits per heavy atom. The molecule has 0 amide bonds. The zero-order chi connectivity index (χ0) is 14.9. The van der Waals surface area contributed by atoms with Gasteiger partial charge in [0.05, 0.1) is 0 Å². The predicted octanol–water partition coefficient (Wildman–Crippen LogP) is 3.81. The molecule has 2 nitrogen and oxygen atoms in total. The van der Waals surface area contributed by atoms with Crippen molar-refractivity contribution >= 4 is 5.69 Å². The van der Waals surface area contributed by atoms with Crippen molar-refractivity contribution in [1.82, 2.24) is 5.32 Å². The quantitative estimate of drug-likeness (QED) is 0.882. The van der Waals surface area contributed by atoms with Crippen molar-refractivity contribution in [3.8, 4) is 0 Å². The lowest BCUT2D eigenvalue weighted by atomic mass is 9.82. The SMILES string of the molecule is CNC1CCN(c2ccccc2C(C)(C)C)C(C)C1C. The van der Waals surface area contributed by atoms with Crippen molar-refractivity contribution in [3.63, 3.8) is 0 Å². The first kappa shape index (κ1) is 15.4. The minimum absolute atomic E-state index is 0.194. The molecule has 3 unspecified atom stereocenters. The summed E-state index contributed by atoms with van der Waals surface area (Å²) < 4.78 is 0. The van der Waals surface area contributed by atoms with Crippen LogP contribution in [0.1, 0.15) is 46.6 Å². The lowest BCUT2D eigenvalue weighted by Gasteiger charge is -2.45. The number of nitrogens with zero attached hydrogens (tertiary/aromatic N) is 1. The molecule has 1 aromatic rings. The van der Waals surface area contributed by atoms with Crippen LogP contribution in [0, 0.1) is 5.92 Å². The molecule has 1 aliphatic heterocycles. The maximum atomic E-state index is 3.47. The van der Waals surface area contributed by atoms with Crippen LogP contribution in [0.15, 0.2) is 24.3 Å². The third-order valence-electron chi connectivity index (χ3n) is 4.96. The molecule has 2 rings (SSSR count). The van der Waals surface area contributed by atoms with Crippen LogP contribution in [-0.4, -0.2) is 25.7 Å². The summed E-state index contributed by atoms with van der Waals surface area (Å²) in [5.74, 6) is 0.668. The molecule has 1 aliphatic rings. The highest BCUT2D eigenvalue weighted by Crippen LogP contribution is 2.36. The second-order valence-electron chi connectivity index (χ2n) is 7.24. The van der Waals surface area contributed by atoms with Gasteiger partial charge in [0.25, 0.3) is 0 Å². The summed E-state index contributed by atoms with van der Waals surface area (Å²) in [6.45, 7) is 12.8. The van der Waals surface area contributed by atoms with E-state index in [2.05, 4.69) is 76.1 Å². The van der Waals surface area contributed by atoms with Gasteiger partial charge < -0.3 is 10.2 Å². The number of hydrogen-bond acceptors (Lipinski definition) is 2. The van der Waals surface area contributed by atoms with E-state index >= 15 is 0 Å². The van der Waals surface area contributed by atoms with Crippen LogP contribution in [0.3, 0.4) is 0 Å². The van der Waals surface area contributed by atoms with Crippen LogP contribution < -0.4 is 10.2 Å². The van der Waals surface area contributed by atoms with Crippen molar-refractivity contribution in [2.75, 3.05) is 18.5 Å². The fourth-order valence-corrected chi connectivity index (χ4v) is 3.47. The van der Waals surface area contributed by atoms with E-state index in [-0.39, 0.29) is 5.41 Å². The largest absolute Gasteiger partial charge is 0.368 e. The van der Waals surface area contributed by atoms with E-state index < -0.39 is 0 Å². The third-order valence-corrected chi connectivity index (χ3v) is 4.96. The van der Waals surface area contributed by atoms with Crippen molar-refractivity contribution in [2.45, 2.75) is 58.5 Å². The fourth-order valence-electron chi connectivity index (χ4n) is 3.47. The van der Waals surface area contributed by atoms with Gasteiger partial charge in [-0.05, 0) is 43.4 Å². The molecule has 3 atom stereocenters. The maximum absolute atomic E-state index is 3.47. The molecule has 1 heterocycles. The average Bonchev–Trinajstić information content (AvgIpc) is 2.41. The zero-order valence-electron chi connectivity index (χ0n) is 13.9. The molecule has 0 aromatic heterocycles. The summed E-state index contributed by atoms with van der Waals surface area (Å²) in [4.78, 5) is 2.61. The minimum atomic E-state index is 0.194. The van der Waals surface area contributed by atoms with E-state index in [1.54, 1.807) is 0 Å². The van der Waals surface area contributed by atoms with Crippen molar-refractivity contribution < 1.29 is 0 Å². The van der Waals surface area contributed by atoms with Gasteiger partial charge in [-0.2, -0.15) is 0 Å². The summed E-state index contributed by atoms with van der Waals surface area (Å²) in [7, 11) is 2.09. The second kappa shape index (κ2) is 5.77. The van der Waals surface area contributed by atoms with Crippen LogP contribution in [0.5, 0.6) is 0 Å². The van der Waals surface area contributed by atoms with Crippen molar-refractivity contribution in [3.05, 3.63) is 29.8 Å².